The first-order valence-corrected chi connectivity index (χ1v) is 7.30. The predicted molar refractivity (Wildman–Crippen MR) is 76.0 cm³/mol. The van der Waals surface area contributed by atoms with Gasteiger partial charge in [-0.05, 0) is 6.07 Å². The lowest BCUT2D eigenvalue weighted by Crippen LogP contribution is -2.43. The summed E-state index contributed by atoms with van der Waals surface area (Å²) in [5.74, 6) is 0.270. The van der Waals surface area contributed by atoms with E-state index in [1.807, 2.05) is 0 Å². The van der Waals surface area contributed by atoms with Crippen molar-refractivity contribution in [1.29, 1.82) is 0 Å². The number of hydrogen-bond donors (Lipinski definition) is 1. The van der Waals surface area contributed by atoms with Crippen molar-refractivity contribution in [3.8, 4) is 10.8 Å². The van der Waals surface area contributed by atoms with Crippen molar-refractivity contribution >= 4 is 17.2 Å². The predicted octanol–water partition coefficient (Wildman–Crippen LogP) is 0.744. The first kappa shape index (κ1) is 14.1. The summed E-state index contributed by atoms with van der Waals surface area (Å²) in [5.41, 5.74) is 0.351. The number of carbonyl (C=O) groups excluding carboxylic acids is 1. The smallest absolute Gasteiger partial charge is 0.271 e. The van der Waals surface area contributed by atoms with Crippen LogP contribution in [0.2, 0.25) is 0 Å². The number of rotatable bonds is 4. The van der Waals surface area contributed by atoms with Crippen molar-refractivity contribution in [2.75, 3.05) is 20.3 Å². The maximum absolute atomic E-state index is 12.2. The molecule has 7 nitrogen and oxygen atoms in total. The van der Waals surface area contributed by atoms with Crippen LogP contribution >= 0.6 is 11.3 Å². The molecule has 0 bridgehead atoms. The summed E-state index contributed by atoms with van der Waals surface area (Å²) in [7, 11) is 1.60. The van der Waals surface area contributed by atoms with Crippen LogP contribution in [0.3, 0.4) is 0 Å². The average molecular weight is 306 g/mol. The molecule has 0 unspecified atom stereocenters. The maximum atomic E-state index is 12.2. The maximum Gasteiger partial charge on any atom is 0.271 e. The van der Waals surface area contributed by atoms with Gasteiger partial charge >= 0.3 is 0 Å². The molecule has 1 aliphatic heterocycles. The highest BCUT2D eigenvalue weighted by Gasteiger charge is 2.30. The van der Waals surface area contributed by atoms with Gasteiger partial charge in [0.15, 0.2) is 10.8 Å². The molecule has 1 aliphatic rings. The Balaban J connectivity index is 1.70. The molecule has 2 aromatic rings. The van der Waals surface area contributed by atoms with Gasteiger partial charge < -0.3 is 14.8 Å². The Bertz CT molecular complexity index is 619. The molecule has 1 N–H and O–H groups in total. The first-order valence-electron chi connectivity index (χ1n) is 6.42. The van der Waals surface area contributed by atoms with Gasteiger partial charge in [-0.2, -0.15) is 0 Å². The van der Waals surface area contributed by atoms with Crippen molar-refractivity contribution in [1.82, 2.24) is 20.3 Å². The number of amides is 1. The quantitative estimate of drug-likeness (QED) is 0.897. The third-order valence-corrected chi connectivity index (χ3v) is 3.98. The highest BCUT2D eigenvalue weighted by molar-refractivity contribution is 7.13. The van der Waals surface area contributed by atoms with Crippen LogP contribution in [-0.2, 0) is 9.47 Å². The van der Waals surface area contributed by atoms with E-state index in [2.05, 4.69) is 20.3 Å². The fourth-order valence-corrected chi connectivity index (χ4v) is 2.78. The van der Waals surface area contributed by atoms with Gasteiger partial charge in [0, 0.05) is 24.9 Å². The van der Waals surface area contributed by atoms with Crippen LogP contribution in [0.25, 0.3) is 10.8 Å². The van der Waals surface area contributed by atoms with Crippen LogP contribution in [-0.4, -0.2) is 53.3 Å². The second-order valence-electron chi connectivity index (χ2n) is 4.50. The van der Waals surface area contributed by atoms with Gasteiger partial charge in [0.05, 0.1) is 19.3 Å². The molecule has 0 radical (unpaired) electrons. The van der Waals surface area contributed by atoms with E-state index in [0.29, 0.717) is 29.7 Å². The third-order valence-electron chi connectivity index (χ3n) is 3.14. The number of methoxy groups -OCH3 is 1. The molecule has 21 heavy (non-hydrogen) atoms. The van der Waals surface area contributed by atoms with E-state index in [9.17, 15) is 4.79 Å². The number of nitrogens with zero attached hydrogens (tertiary/aromatic N) is 3. The molecule has 1 fully saturated rings. The van der Waals surface area contributed by atoms with Crippen molar-refractivity contribution < 1.29 is 14.3 Å². The lowest BCUT2D eigenvalue weighted by atomic mass is 10.2. The fourth-order valence-electron chi connectivity index (χ4n) is 2.03. The summed E-state index contributed by atoms with van der Waals surface area (Å²) in [4.78, 5) is 24.7. The molecule has 3 rings (SSSR count). The summed E-state index contributed by atoms with van der Waals surface area (Å²) in [6, 6.07) is 1.58. The minimum Gasteiger partial charge on any atom is -0.377 e. The SMILES string of the molecule is CO[C@H]1COC[C@@H]1NC(=O)c1csc(-c2ncccn2)n1. The van der Waals surface area contributed by atoms with Crippen molar-refractivity contribution in [3.63, 3.8) is 0 Å². The van der Waals surface area contributed by atoms with Gasteiger partial charge in [0.25, 0.3) is 5.91 Å². The summed E-state index contributed by atoms with van der Waals surface area (Å²) in [5, 5.41) is 5.19. The Morgan fingerprint density at radius 2 is 2.24 bits per heavy atom. The Morgan fingerprint density at radius 1 is 1.43 bits per heavy atom. The summed E-state index contributed by atoms with van der Waals surface area (Å²) in [6.45, 7) is 0.935. The molecule has 0 spiro atoms. The highest BCUT2D eigenvalue weighted by Crippen LogP contribution is 2.19. The molecule has 1 saturated heterocycles. The van der Waals surface area contributed by atoms with Crippen LogP contribution in [0.4, 0.5) is 0 Å². The molecule has 0 aromatic carbocycles. The van der Waals surface area contributed by atoms with Crippen LogP contribution < -0.4 is 5.32 Å². The summed E-state index contributed by atoms with van der Waals surface area (Å²) >= 11 is 1.34. The zero-order valence-corrected chi connectivity index (χ0v) is 12.2. The van der Waals surface area contributed by atoms with Gasteiger partial charge in [0.1, 0.15) is 11.8 Å². The van der Waals surface area contributed by atoms with Crippen LogP contribution in [0.5, 0.6) is 0 Å². The molecule has 1 amide bonds. The van der Waals surface area contributed by atoms with E-state index in [1.54, 1.807) is 30.9 Å². The summed E-state index contributed by atoms with van der Waals surface area (Å²) < 4.78 is 10.6. The second-order valence-corrected chi connectivity index (χ2v) is 5.36. The van der Waals surface area contributed by atoms with E-state index in [1.165, 1.54) is 11.3 Å². The second kappa shape index (κ2) is 6.25. The molecule has 2 aromatic heterocycles. The van der Waals surface area contributed by atoms with E-state index in [-0.39, 0.29) is 18.1 Å². The van der Waals surface area contributed by atoms with Gasteiger partial charge in [-0.3, -0.25) is 4.79 Å². The Kier molecular flexibility index (Phi) is 4.18. The molecule has 8 heteroatoms. The number of thiazole rings is 1. The van der Waals surface area contributed by atoms with E-state index >= 15 is 0 Å². The lowest BCUT2D eigenvalue weighted by molar-refractivity contribution is 0.0684. The Hall–Kier alpha value is -1.90. The minimum absolute atomic E-state index is 0.121. The molecular weight excluding hydrogens is 292 g/mol. The number of aromatic nitrogens is 3. The van der Waals surface area contributed by atoms with Gasteiger partial charge in [0.2, 0.25) is 0 Å². The van der Waals surface area contributed by atoms with Gasteiger partial charge in [-0.1, -0.05) is 0 Å². The number of hydrogen-bond acceptors (Lipinski definition) is 7. The molecule has 2 atom stereocenters. The highest BCUT2D eigenvalue weighted by atomic mass is 32.1. The zero-order chi connectivity index (χ0) is 14.7. The standard InChI is InChI=1S/C13H14N4O3S/c1-19-10-6-20-5-8(10)16-12(18)9-7-21-13(17-9)11-14-3-2-4-15-11/h2-4,7-8,10H,5-6H2,1H3,(H,16,18)/t8-,10-/m0/s1. The topological polar surface area (TPSA) is 86.2 Å². The van der Waals surface area contributed by atoms with E-state index < -0.39 is 0 Å². The molecule has 0 aliphatic carbocycles. The van der Waals surface area contributed by atoms with Crippen molar-refractivity contribution in [2.24, 2.45) is 0 Å². The monoisotopic (exact) mass is 306 g/mol. The third kappa shape index (κ3) is 3.07. The zero-order valence-electron chi connectivity index (χ0n) is 11.4. The van der Waals surface area contributed by atoms with E-state index in [4.69, 9.17) is 9.47 Å². The van der Waals surface area contributed by atoms with Gasteiger partial charge in [-0.15, -0.1) is 11.3 Å². The Morgan fingerprint density at radius 3 is 3.00 bits per heavy atom. The largest absolute Gasteiger partial charge is 0.377 e. The van der Waals surface area contributed by atoms with E-state index in [0.717, 1.165) is 0 Å². The van der Waals surface area contributed by atoms with Crippen LogP contribution in [0.1, 0.15) is 10.5 Å². The molecular formula is C13H14N4O3S. The molecule has 3 heterocycles. The van der Waals surface area contributed by atoms with Crippen molar-refractivity contribution in [2.45, 2.75) is 12.1 Å². The fraction of sp³-hybridized carbons (Fsp3) is 0.385. The lowest BCUT2D eigenvalue weighted by Gasteiger charge is -2.16. The minimum atomic E-state index is -0.244. The summed E-state index contributed by atoms with van der Waals surface area (Å²) in [6.07, 6.45) is 3.16. The number of nitrogens with one attached hydrogen (secondary N) is 1. The van der Waals surface area contributed by atoms with Crippen LogP contribution in [0, 0.1) is 0 Å². The van der Waals surface area contributed by atoms with Crippen molar-refractivity contribution in [3.05, 3.63) is 29.5 Å². The van der Waals surface area contributed by atoms with Crippen LogP contribution in [0.15, 0.2) is 23.8 Å². The van der Waals surface area contributed by atoms with Gasteiger partial charge in [-0.25, -0.2) is 15.0 Å². The normalized spacial score (nSPS) is 21.4. The Labute approximate surface area is 125 Å². The average Bonchev–Trinajstić information content (AvgIpc) is 3.17. The number of ether oxygens (including phenoxy) is 2. The number of carbonyl (C=O) groups is 1. The molecule has 110 valence electrons. The molecule has 0 saturated carbocycles. The first-order chi connectivity index (χ1) is 10.3.